The number of pyridine rings is 1. The summed E-state index contributed by atoms with van der Waals surface area (Å²) < 4.78 is 41.3. The number of benzene rings is 1. The minimum absolute atomic E-state index is 0.237. The second-order valence-electron chi connectivity index (χ2n) is 5.10. The molecule has 2 heterocycles. The second-order valence-corrected chi connectivity index (χ2v) is 5.49. The van der Waals surface area contributed by atoms with Crippen LogP contribution in [-0.2, 0) is 13.2 Å². The Balaban J connectivity index is 2.29. The van der Waals surface area contributed by atoms with Gasteiger partial charge in [0.05, 0.1) is 11.2 Å². The Kier molecular flexibility index (Phi) is 3.71. The van der Waals surface area contributed by atoms with Crippen LogP contribution in [0.2, 0.25) is 5.15 Å². The Bertz CT molecular complexity index is 965. The lowest BCUT2D eigenvalue weighted by atomic mass is 10.0. The summed E-state index contributed by atoms with van der Waals surface area (Å²) in [7, 11) is 1.32. The van der Waals surface area contributed by atoms with Crippen LogP contribution in [0.25, 0.3) is 22.2 Å². The van der Waals surface area contributed by atoms with Gasteiger partial charge in [0.25, 0.3) is 5.91 Å². The van der Waals surface area contributed by atoms with E-state index in [2.05, 4.69) is 10.1 Å². The molecule has 0 saturated heterocycles. The van der Waals surface area contributed by atoms with Crippen molar-refractivity contribution >= 4 is 28.4 Å². The predicted octanol–water partition coefficient (Wildman–Crippen LogP) is 3.41. The van der Waals surface area contributed by atoms with Gasteiger partial charge in [-0.3, -0.25) is 9.48 Å². The number of primary amides is 1. The van der Waals surface area contributed by atoms with Gasteiger partial charge in [0, 0.05) is 18.0 Å². The molecule has 0 radical (unpaired) electrons. The highest BCUT2D eigenvalue weighted by Crippen LogP contribution is 2.39. The zero-order chi connectivity index (χ0) is 17.6. The fourth-order valence-electron chi connectivity index (χ4n) is 2.54. The molecule has 0 aliphatic carbocycles. The monoisotopic (exact) mass is 354 g/mol. The molecule has 5 nitrogen and oxygen atoms in total. The summed E-state index contributed by atoms with van der Waals surface area (Å²) in [5.41, 5.74) is 3.61. The van der Waals surface area contributed by atoms with Crippen molar-refractivity contribution in [2.45, 2.75) is 6.18 Å². The average Bonchev–Trinajstić information content (AvgIpc) is 2.84. The van der Waals surface area contributed by atoms with E-state index in [-0.39, 0.29) is 16.4 Å². The molecule has 0 fully saturated rings. The first kappa shape index (κ1) is 16.3. The Morgan fingerprint density at radius 1 is 1.25 bits per heavy atom. The van der Waals surface area contributed by atoms with Gasteiger partial charge >= 0.3 is 6.18 Å². The van der Waals surface area contributed by atoms with Crippen molar-refractivity contribution in [2.75, 3.05) is 0 Å². The minimum Gasteiger partial charge on any atom is -0.364 e. The average molecular weight is 355 g/mol. The van der Waals surface area contributed by atoms with Crippen molar-refractivity contribution in [2.24, 2.45) is 12.8 Å². The normalized spacial score (nSPS) is 11.9. The first-order chi connectivity index (χ1) is 11.2. The highest BCUT2D eigenvalue weighted by molar-refractivity contribution is 6.29. The van der Waals surface area contributed by atoms with Crippen LogP contribution in [0.1, 0.15) is 16.1 Å². The third kappa shape index (κ3) is 2.69. The number of alkyl halides is 3. The third-order valence-electron chi connectivity index (χ3n) is 3.49. The molecular weight excluding hydrogens is 345 g/mol. The van der Waals surface area contributed by atoms with Gasteiger partial charge in [0.15, 0.2) is 5.69 Å². The number of nitrogens with zero attached hydrogens (tertiary/aromatic N) is 3. The van der Waals surface area contributed by atoms with Gasteiger partial charge in [-0.15, -0.1) is 0 Å². The maximum Gasteiger partial charge on any atom is 0.420 e. The van der Waals surface area contributed by atoms with Gasteiger partial charge < -0.3 is 5.73 Å². The van der Waals surface area contributed by atoms with Crippen molar-refractivity contribution in [3.05, 3.63) is 46.7 Å². The summed E-state index contributed by atoms with van der Waals surface area (Å²) >= 11 is 5.80. The second kappa shape index (κ2) is 5.48. The smallest absolute Gasteiger partial charge is 0.364 e. The lowest BCUT2D eigenvalue weighted by molar-refractivity contribution is -0.137. The first-order valence-electron chi connectivity index (χ1n) is 6.69. The lowest BCUT2D eigenvalue weighted by Crippen LogP contribution is -2.18. The standard InChI is InChI=1S/C15H10ClF3N4O/c1-23-13(11(15(17,18)19)12(22-23)14(20)24)8-2-4-9-7(6-8)3-5-10(16)21-9/h2-6H,1H3,(H2,20,24). The number of fused-ring (bicyclic) bond motifs is 1. The Morgan fingerprint density at radius 2 is 1.96 bits per heavy atom. The molecule has 3 aromatic rings. The fraction of sp³-hybridized carbons (Fsp3) is 0.133. The highest BCUT2D eigenvalue weighted by Gasteiger charge is 2.41. The van der Waals surface area contributed by atoms with Crippen molar-refractivity contribution < 1.29 is 18.0 Å². The van der Waals surface area contributed by atoms with Crippen molar-refractivity contribution in [1.82, 2.24) is 14.8 Å². The number of halogens is 4. The summed E-state index contributed by atoms with van der Waals surface area (Å²) in [6, 6.07) is 7.72. The molecule has 0 aliphatic heterocycles. The molecule has 1 amide bonds. The summed E-state index contributed by atoms with van der Waals surface area (Å²) in [4.78, 5) is 15.4. The van der Waals surface area contributed by atoms with Crippen LogP contribution >= 0.6 is 11.6 Å². The molecule has 0 spiro atoms. The van der Waals surface area contributed by atoms with E-state index in [0.717, 1.165) is 4.68 Å². The Hall–Kier alpha value is -2.61. The summed E-state index contributed by atoms with van der Waals surface area (Å²) in [5.74, 6) is -1.24. The van der Waals surface area contributed by atoms with Crippen LogP contribution in [0.15, 0.2) is 30.3 Å². The number of carbonyl (C=O) groups excluding carboxylic acids is 1. The van der Waals surface area contributed by atoms with Gasteiger partial charge in [0.2, 0.25) is 0 Å². The van der Waals surface area contributed by atoms with Gasteiger partial charge in [-0.2, -0.15) is 18.3 Å². The maximum atomic E-state index is 13.4. The molecule has 1 aromatic carbocycles. The van der Waals surface area contributed by atoms with Crippen molar-refractivity contribution in [3.8, 4) is 11.3 Å². The number of hydrogen-bond donors (Lipinski definition) is 1. The molecule has 0 unspecified atom stereocenters. The van der Waals surface area contributed by atoms with Crippen LogP contribution in [0.4, 0.5) is 13.2 Å². The summed E-state index contributed by atoms with van der Waals surface area (Å²) in [6.07, 6.45) is -4.78. The number of rotatable bonds is 2. The summed E-state index contributed by atoms with van der Waals surface area (Å²) in [6.45, 7) is 0. The molecule has 0 saturated carbocycles. The van der Waals surface area contributed by atoms with E-state index in [0.29, 0.717) is 10.9 Å². The molecule has 3 rings (SSSR count). The van der Waals surface area contributed by atoms with Crippen molar-refractivity contribution in [3.63, 3.8) is 0 Å². The topological polar surface area (TPSA) is 73.8 Å². The zero-order valence-corrected chi connectivity index (χ0v) is 13.0. The van der Waals surface area contributed by atoms with Gasteiger partial charge in [-0.25, -0.2) is 4.98 Å². The molecule has 9 heteroatoms. The van der Waals surface area contributed by atoms with E-state index >= 15 is 0 Å². The number of amides is 1. The van der Waals surface area contributed by atoms with E-state index < -0.39 is 23.3 Å². The van der Waals surface area contributed by atoms with Crippen molar-refractivity contribution in [1.29, 1.82) is 0 Å². The third-order valence-corrected chi connectivity index (χ3v) is 3.70. The quantitative estimate of drug-likeness (QED) is 0.717. The molecule has 2 N–H and O–H groups in total. The number of carbonyl (C=O) groups is 1. The number of nitrogens with two attached hydrogens (primary N) is 1. The van der Waals surface area contributed by atoms with E-state index in [1.165, 1.54) is 25.2 Å². The Morgan fingerprint density at radius 3 is 2.58 bits per heavy atom. The van der Waals surface area contributed by atoms with Gasteiger partial charge in [-0.05, 0) is 24.3 Å². The van der Waals surface area contributed by atoms with Gasteiger partial charge in [-0.1, -0.05) is 17.7 Å². The largest absolute Gasteiger partial charge is 0.420 e. The molecule has 0 aliphatic rings. The van der Waals surface area contributed by atoms with E-state index in [9.17, 15) is 18.0 Å². The summed E-state index contributed by atoms with van der Waals surface area (Å²) in [5, 5.41) is 4.52. The zero-order valence-electron chi connectivity index (χ0n) is 12.2. The van der Waals surface area contributed by atoms with E-state index in [1.807, 2.05) is 0 Å². The SMILES string of the molecule is Cn1nc(C(N)=O)c(C(F)(F)F)c1-c1ccc2nc(Cl)ccc2c1. The highest BCUT2D eigenvalue weighted by atomic mass is 35.5. The number of hydrogen-bond acceptors (Lipinski definition) is 3. The predicted molar refractivity (Wildman–Crippen MR) is 82.5 cm³/mol. The fourth-order valence-corrected chi connectivity index (χ4v) is 2.70. The van der Waals surface area contributed by atoms with Crippen LogP contribution in [0.3, 0.4) is 0 Å². The van der Waals surface area contributed by atoms with Crippen LogP contribution in [0, 0.1) is 0 Å². The first-order valence-corrected chi connectivity index (χ1v) is 7.07. The number of aromatic nitrogens is 3. The maximum absolute atomic E-state index is 13.4. The van der Waals surface area contributed by atoms with Crippen LogP contribution < -0.4 is 5.73 Å². The molecule has 24 heavy (non-hydrogen) atoms. The Labute approximate surface area is 138 Å². The van der Waals surface area contributed by atoms with E-state index in [4.69, 9.17) is 17.3 Å². The van der Waals surface area contributed by atoms with Gasteiger partial charge in [0.1, 0.15) is 10.7 Å². The molecule has 124 valence electrons. The van der Waals surface area contributed by atoms with Crippen LogP contribution in [-0.4, -0.2) is 20.7 Å². The molecular formula is C15H10ClF3N4O. The van der Waals surface area contributed by atoms with E-state index in [1.54, 1.807) is 12.1 Å². The molecule has 0 bridgehead atoms. The molecule has 2 aromatic heterocycles. The minimum atomic E-state index is -4.78. The van der Waals surface area contributed by atoms with Crippen LogP contribution in [0.5, 0.6) is 0 Å². The molecule has 0 atom stereocenters. The lowest BCUT2D eigenvalue weighted by Gasteiger charge is -2.11. The number of aryl methyl sites for hydroxylation is 1.